The van der Waals surface area contributed by atoms with Crippen molar-refractivity contribution in [2.75, 3.05) is 13.1 Å². The highest BCUT2D eigenvalue weighted by Gasteiger charge is 1.98. The summed E-state index contributed by atoms with van der Waals surface area (Å²) in [6.45, 7) is 5.77. The minimum Gasteiger partial charge on any atom is -0.370 e. The maximum Gasteiger partial charge on any atom is 0.188 e. The number of hydrogen-bond acceptors (Lipinski definition) is 3. The molecule has 0 radical (unpaired) electrons. The zero-order valence-corrected chi connectivity index (χ0v) is 10.8. The first kappa shape index (κ1) is 13.0. The van der Waals surface area contributed by atoms with Crippen LogP contribution >= 0.6 is 11.3 Å². The Balaban J connectivity index is 2.17. The predicted octanol–water partition coefficient (Wildman–Crippen LogP) is 1.70. The molecule has 0 spiro atoms. The second kappa shape index (κ2) is 7.22. The highest BCUT2D eigenvalue weighted by Crippen LogP contribution is 2.07. The van der Waals surface area contributed by atoms with Crippen LogP contribution in [0.15, 0.2) is 10.4 Å². The van der Waals surface area contributed by atoms with Gasteiger partial charge < -0.3 is 11.1 Å². The number of rotatable bonds is 6. The molecule has 0 aliphatic rings. The molecule has 1 rings (SSSR count). The van der Waals surface area contributed by atoms with E-state index in [2.05, 4.69) is 27.6 Å². The molecule has 0 fully saturated rings. The molecule has 16 heavy (non-hydrogen) atoms. The van der Waals surface area contributed by atoms with Gasteiger partial charge in [-0.2, -0.15) is 0 Å². The number of thiazole rings is 1. The molecule has 1 heterocycles. The highest BCUT2D eigenvalue weighted by molar-refractivity contribution is 7.09. The first-order chi connectivity index (χ1) is 7.72. The number of guanidine groups is 1. The summed E-state index contributed by atoms with van der Waals surface area (Å²) in [5.41, 5.74) is 6.83. The van der Waals surface area contributed by atoms with Gasteiger partial charge in [0.15, 0.2) is 5.96 Å². The lowest BCUT2D eigenvalue weighted by Crippen LogP contribution is -2.33. The molecule has 5 heteroatoms. The van der Waals surface area contributed by atoms with Gasteiger partial charge in [-0.25, -0.2) is 4.98 Å². The van der Waals surface area contributed by atoms with Crippen molar-refractivity contribution in [3.8, 4) is 0 Å². The molecule has 0 aliphatic carbocycles. The van der Waals surface area contributed by atoms with Crippen molar-refractivity contribution in [3.63, 3.8) is 0 Å². The van der Waals surface area contributed by atoms with Crippen LogP contribution in [-0.4, -0.2) is 24.0 Å². The Bertz CT molecular complexity index is 332. The van der Waals surface area contributed by atoms with E-state index in [4.69, 9.17) is 5.73 Å². The van der Waals surface area contributed by atoms with Crippen molar-refractivity contribution >= 4 is 17.3 Å². The van der Waals surface area contributed by atoms with E-state index in [9.17, 15) is 0 Å². The Morgan fingerprint density at radius 1 is 1.62 bits per heavy atom. The van der Waals surface area contributed by atoms with Crippen molar-refractivity contribution in [2.45, 2.75) is 33.1 Å². The van der Waals surface area contributed by atoms with E-state index in [1.807, 2.05) is 6.92 Å². The second-order valence-corrected chi connectivity index (χ2v) is 4.72. The summed E-state index contributed by atoms with van der Waals surface area (Å²) in [6, 6.07) is 0. The van der Waals surface area contributed by atoms with Crippen molar-refractivity contribution in [2.24, 2.45) is 10.7 Å². The van der Waals surface area contributed by atoms with Gasteiger partial charge in [0.05, 0.1) is 10.7 Å². The van der Waals surface area contributed by atoms with E-state index in [-0.39, 0.29) is 0 Å². The van der Waals surface area contributed by atoms with Crippen LogP contribution in [0.25, 0.3) is 0 Å². The first-order valence-corrected chi connectivity index (χ1v) is 6.55. The maximum atomic E-state index is 5.70. The molecule has 0 atom stereocenters. The highest BCUT2D eigenvalue weighted by atomic mass is 32.1. The molecule has 0 saturated heterocycles. The van der Waals surface area contributed by atoms with Gasteiger partial charge in [-0.05, 0) is 13.3 Å². The number of nitrogens with two attached hydrogens (primary N) is 1. The number of nitrogens with zero attached hydrogens (tertiary/aromatic N) is 2. The molecule has 0 amide bonds. The third kappa shape index (κ3) is 5.11. The molecule has 0 unspecified atom stereocenters. The smallest absolute Gasteiger partial charge is 0.188 e. The molecule has 1 aromatic heterocycles. The van der Waals surface area contributed by atoms with Crippen LogP contribution in [0.5, 0.6) is 0 Å². The van der Waals surface area contributed by atoms with E-state index in [1.54, 1.807) is 11.3 Å². The van der Waals surface area contributed by atoms with Crippen LogP contribution < -0.4 is 11.1 Å². The minimum absolute atomic E-state index is 0.542. The van der Waals surface area contributed by atoms with E-state index >= 15 is 0 Å². The number of aromatic nitrogens is 1. The number of aliphatic imine (C=N–C) groups is 1. The minimum atomic E-state index is 0.542. The molecule has 0 aliphatic heterocycles. The summed E-state index contributed by atoms with van der Waals surface area (Å²) in [5, 5.41) is 6.29. The summed E-state index contributed by atoms with van der Waals surface area (Å²) in [4.78, 5) is 8.60. The van der Waals surface area contributed by atoms with E-state index in [0.717, 1.165) is 43.1 Å². The normalized spacial score (nSPS) is 11.8. The average Bonchev–Trinajstić information content (AvgIpc) is 2.65. The molecule has 0 aromatic carbocycles. The van der Waals surface area contributed by atoms with E-state index in [1.165, 1.54) is 0 Å². The summed E-state index contributed by atoms with van der Waals surface area (Å²) in [6.07, 6.45) is 3.14. The lowest BCUT2D eigenvalue weighted by Gasteiger charge is -2.03. The second-order valence-electron chi connectivity index (χ2n) is 3.66. The fourth-order valence-electron chi connectivity index (χ4n) is 1.26. The summed E-state index contributed by atoms with van der Waals surface area (Å²) < 4.78 is 0. The maximum absolute atomic E-state index is 5.70. The van der Waals surface area contributed by atoms with Crippen molar-refractivity contribution < 1.29 is 0 Å². The van der Waals surface area contributed by atoms with Crippen molar-refractivity contribution in [1.82, 2.24) is 10.3 Å². The number of unbranched alkanes of at least 4 members (excludes halogenated alkanes) is 1. The van der Waals surface area contributed by atoms with Crippen LogP contribution in [0.1, 0.15) is 30.5 Å². The van der Waals surface area contributed by atoms with Crippen LogP contribution in [-0.2, 0) is 6.42 Å². The van der Waals surface area contributed by atoms with Gasteiger partial charge in [-0.1, -0.05) is 13.3 Å². The lowest BCUT2D eigenvalue weighted by atomic mass is 10.3. The first-order valence-electron chi connectivity index (χ1n) is 5.67. The third-order valence-corrected chi connectivity index (χ3v) is 2.97. The molecular formula is C11H20N4S. The monoisotopic (exact) mass is 240 g/mol. The number of aryl methyl sites for hydroxylation is 1. The van der Waals surface area contributed by atoms with Gasteiger partial charge >= 0.3 is 0 Å². The quantitative estimate of drug-likeness (QED) is 0.452. The number of nitrogens with one attached hydrogen (secondary N) is 1. The van der Waals surface area contributed by atoms with Gasteiger partial charge in [-0.15, -0.1) is 11.3 Å². The fourth-order valence-corrected chi connectivity index (χ4v) is 1.90. The Morgan fingerprint density at radius 3 is 3.06 bits per heavy atom. The topological polar surface area (TPSA) is 63.3 Å². The molecule has 0 saturated carbocycles. The van der Waals surface area contributed by atoms with Crippen LogP contribution in [0, 0.1) is 6.92 Å². The van der Waals surface area contributed by atoms with Gasteiger partial charge in [0.2, 0.25) is 0 Å². The molecule has 4 nitrogen and oxygen atoms in total. The Kier molecular flexibility index (Phi) is 5.85. The summed E-state index contributed by atoms with van der Waals surface area (Å²) in [5.74, 6) is 0.542. The largest absolute Gasteiger partial charge is 0.370 e. The SMILES string of the molecule is CCCCN=C(N)NCCc1csc(C)n1. The van der Waals surface area contributed by atoms with Crippen LogP contribution in [0.3, 0.4) is 0 Å². The summed E-state index contributed by atoms with van der Waals surface area (Å²) >= 11 is 1.68. The average molecular weight is 240 g/mol. The summed E-state index contributed by atoms with van der Waals surface area (Å²) in [7, 11) is 0. The van der Waals surface area contributed by atoms with Crippen LogP contribution in [0.2, 0.25) is 0 Å². The Hall–Kier alpha value is -1.10. The van der Waals surface area contributed by atoms with E-state index in [0.29, 0.717) is 5.96 Å². The third-order valence-electron chi connectivity index (χ3n) is 2.15. The van der Waals surface area contributed by atoms with Crippen molar-refractivity contribution in [3.05, 3.63) is 16.1 Å². The van der Waals surface area contributed by atoms with Crippen molar-refractivity contribution in [1.29, 1.82) is 0 Å². The lowest BCUT2D eigenvalue weighted by molar-refractivity contribution is 0.788. The molecule has 90 valence electrons. The van der Waals surface area contributed by atoms with Gasteiger partial charge in [0.1, 0.15) is 0 Å². The molecular weight excluding hydrogens is 220 g/mol. The molecule has 0 bridgehead atoms. The van der Waals surface area contributed by atoms with Crippen LogP contribution in [0.4, 0.5) is 0 Å². The predicted molar refractivity (Wildman–Crippen MR) is 70.0 cm³/mol. The van der Waals surface area contributed by atoms with Gasteiger partial charge in [-0.3, -0.25) is 4.99 Å². The number of hydrogen-bond donors (Lipinski definition) is 2. The fraction of sp³-hybridized carbons (Fsp3) is 0.636. The molecule has 1 aromatic rings. The van der Waals surface area contributed by atoms with Gasteiger partial charge in [0.25, 0.3) is 0 Å². The molecule has 3 N–H and O–H groups in total. The zero-order chi connectivity index (χ0) is 11.8. The Labute approximate surface area is 101 Å². The Morgan fingerprint density at radius 2 is 2.44 bits per heavy atom. The zero-order valence-electron chi connectivity index (χ0n) is 9.99. The van der Waals surface area contributed by atoms with E-state index < -0.39 is 0 Å². The standard InChI is InChI=1S/C11H20N4S/c1-3-4-6-13-11(12)14-7-5-10-8-16-9(2)15-10/h8H,3-7H2,1-2H3,(H3,12,13,14). The van der Waals surface area contributed by atoms with Gasteiger partial charge in [0, 0.05) is 24.9 Å².